The SMILES string of the molecule is O=S(=O)(c1ccc(C(F)(F)F)cc1)N1C2Cc3[nH]ncc3C1CC(c1ccc(-c3cscn3)cc1)C2. The summed E-state index contributed by atoms with van der Waals surface area (Å²) in [7, 11) is -4.03. The van der Waals surface area contributed by atoms with Crippen LogP contribution in [0, 0.1) is 0 Å². The third kappa shape index (κ3) is 3.95. The average Bonchev–Trinajstić information content (AvgIpc) is 3.55. The second kappa shape index (κ2) is 8.53. The van der Waals surface area contributed by atoms with Gasteiger partial charge in [-0.1, -0.05) is 24.3 Å². The van der Waals surface area contributed by atoms with E-state index in [1.54, 1.807) is 11.7 Å². The largest absolute Gasteiger partial charge is 0.416 e. The monoisotopic (exact) mass is 530 g/mol. The molecule has 1 N–H and O–H groups in total. The molecular formula is C25H21F3N4O2S2. The summed E-state index contributed by atoms with van der Waals surface area (Å²) in [5.41, 5.74) is 5.73. The number of halogens is 3. The van der Waals surface area contributed by atoms with Gasteiger partial charge in [0.1, 0.15) is 0 Å². The van der Waals surface area contributed by atoms with Gasteiger partial charge < -0.3 is 0 Å². The zero-order valence-electron chi connectivity index (χ0n) is 18.8. The lowest BCUT2D eigenvalue weighted by molar-refractivity contribution is -0.137. The van der Waals surface area contributed by atoms with E-state index in [1.165, 1.54) is 15.6 Å². The minimum Gasteiger partial charge on any atom is -0.282 e. The van der Waals surface area contributed by atoms with Gasteiger partial charge in [-0.25, -0.2) is 13.4 Å². The number of rotatable bonds is 4. The first-order chi connectivity index (χ1) is 17.2. The Morgan fingerprint density at radius 2 is 1.78 bits per heavy atom. The summed E-state index contributed by atoms with van der Waals surface area (Å²) in [4.78, 5) is 4.22. The van der Waals surface area contributed by atoms with Gasteiger partial charge in [0.05, 0.1) is 33.9 Å². The Hall–Kier alpha value is -3.02. The van der Waals surface area contributed by atoms with E-state index in [9.17, 15) is 21.6 Å². The molecule has 0 radical (unpaired) electrons. The van der Waals surface area contributed by atoms with E-state index in [2.05, 4.69) is 27.3 Å². The molecule has 0 saturated carbocycles. The van der Waals surface area contributed by atoms with Crippen molar-refractivity contribution in [1.29, 1.82) is 0 Å². The predicted octanol–water partition coefficient (Wildman–Crippen LogP) is 5.79. The van der Waals surface area contributed by atoms with E-state index >= 15 is 0 Å². The van der Waals surface area contributed by atoms with Gasteiger partial charge in [0, 0.05) is 34.7 Å². The number of aromatic nitrogens is 3. The van der Waals surface area contributed by atoms with Crippen LogP contribution in [0.4, 0.5) is 13.2 Å². The van der Waals surface area contributed by atoms with Gasteiger partial charge in [-0.3, -0.25) is 5.10 Å². The Balaban J connectivity index is 1.33. The van der Waals surface area contributed by atoms with Gasteiger partial charge in [-0.2, -0.15) is 22.6 Å². The molecule has 11 heteroatoms. The summed E-state index contributed by atoms with van der Waals surface area (Å²) < 4.78 is 68.0. The minimum absolute atomic E-state index is 0.131. The Morgan fingerprint density at radius 1 is 1.03 bits per heavy atom. The van der Waals surface area contributed by atoms with Crippen LogP contribution in [0.1, 0.15) is 47.2 Å². The molecule has 1 saturated heterocycles. The van der Waals surface area contributed by atoms with Gasteiger partial charge in [0.2, 0.25) is 10.0 Å². The summed E-state index contributed by atoms with van der Waals surface area (Å²) in [6.07, 6.45) is -1.24. The number of aromatic amines is 1. The van der Waals surface area contributed by atoms with Crippen LogP contribution >= 0.6 is 11.3 Å². The van der Waals surface area contributed by atoms with Crippen molar-refractivity contribution in [3.05, 3.63) is 88.0 Å². The molecule has 0 aliphatic carbocycles. The van der Waals surface area contributed by atoms with E-state index in [0.29, 0.717) is 19.3 Å². The highest BCUT2D eigenvalue weighted by molar-refractivity contribution is 7.89. The molecule has 6 rings (SSSR count). The standard InChI is InChI=1S/C25H21F3N4O2S2/c26-25(27,28)18-5-7-20(8-6-18)36(33,34)32-19-9-17(10-24(32)21-12-30-31-22(21)11-19)15-1-3-16(4-2-15)23-13-35-14-29-23/h1-8,12-14,17,19,24H,9-11H2,(H,30,31). The van der Waals surface area contributed by atoms with Crippen molar-refractivity contribution in [2.75, 3.05) is 0 Å². The smallest absolute Gasteiger partial charge is 0.282 e. The van der Waals surface area contributed by atoms with E-state index in [1.807, 2.05) is 17.5 Å². The Bertz CT molecular complexity index is 1480. The number of fused-ring (bicyclic) bond motifs is 4. The van der Waals surface area contributed by atoms with Crippen LogP contribution < -0.4 is 0 Å². The van der Waals surface area contributed by atoms with Crippen molar-refractivity contribution in [3.63, 3.8) is 0 Å². The number of thiazole rings is 1. The number of nitrogens with zero attached hydrogens (tertiary/aromatic N) is 3. The zero-order valence-corrected chi connectivity index (χ0v) is 20.4. The van der Waals surface area contributed by atoms with E-state index in [0.717, 1.165) is 52.3 Å². The molecule has 186 valence electrons. The van der Waals surface area contributed by atoms with Crippen LogP contribution in [0.5, 0.6) is 0 Å². The van der Waals surface area contributed by atoms with Crippen LogP contribution in [-0.2, 0) is 22.6 Å². The molecule has 2 bridgehead atoms. The lowest BCUT2D eigenvalue weighted by Crippen LogP contribution is -2.51. The molecule has 36 heavy (non-hydrogen) atoms. The average molecular weight is 531 g/mol. The number of piperidine rings is 1. The maximum atomic E-state index is 13.7. The van der Waals surface area contributed by atoms with E-state index in [-0.39, 0.29) is 16.9 Å². The topological polar surface area (TPSA) is 79.0 Å². The molecule has 2 aromatic carbocycles. The van der Waals surface area contributed by atoms with Gasteiger partial charge in [0.15, 0.2) is 0 Å². The summed E-state index contributed by atoms with van der Waals surface area (Å²) in [5, 5.41) is 9.14. The number of sulfonamides is 1. The number of nitrogens with one attached hydrogen (secondary N) is 1. The molecule has 0 spiro atoms. The number of benzene rings is 2. The summed E-state index contributed by atoms with van der Waals surface area (Å²) >= 11 is 1.54. The van der Waals surface area contributed by atoms with Crippen molar-refractivity contribution >= 4 is 21.4 Å². The number of hydrogen-bond acceptors (Lipinski definition) is 5. The zero-order chi connectivity index (χ0) is 25.1. The fraction of sp³-hybridized carbons (Fsp3) is 0.280. The lowest BCUT2D eigenvalue weighted by atomic mass is 9.76. The Kier molecular flexibility index (Phi) is 5.54. The molecule has 6 nitrogen and oxygen atoms in total. The second-order valence-electron chi connectivity index (χ2n) is 9.20. The first kappa shape index (κ1) is 23.4. The van der Waals surface area contributed by atoms with Crippen LogP contribution in [0.15, 0.2) is 70.5 Å². The van der Waals surface area contributed by atoms with Gasteiger partial charge in [-0.15, -0.1) is 11.3 Å². The summed E-state index contributed by atoms with van der Waals surface area (Å²) in [6.45, 7) is 0. The molecule has 2 aromatic heterocycles. The molecule has 2 aliphatic rings. The van der Waals surface area contributed by atoms with Crippen molar-refractivity contribution in [3.8, 4) is 11.3 Å². The Morgan fingerprint density at radius 3 is 2.44 bits per heavy atom. The normalized spacial score (nSPS) is 22.4. The number of H-pyrrole nitrogens is 1. The third-order valence-corrected chi connectivity index (χ3v) is 9.71. The molecule has 3 atom stereocenters. The lowest BCUT2D eigenvalue weighted by Gasteiger charge is -2.47. The fourth-order valence-corrected chi connectivity index (χ4v) is 7.83. The highest BCUT2D eigenvalue weighted by atomic mass is 32.2. The maximum Gasteiger partial charge on any atom is 0.416 e. The first-order valence-electron chi connectivity index (χ1n) is 11.4. The summed E-state index contributed by atoms with van der Waals surface area (Å²) in [5.74, 6) is 0.131. The highest BCUT2D eigenvalue weighted by Gasteiger charge is 2.48. The minimum atomic E-state index is -4.53. The van der Waals surface area contributed by atoms with Crippen LogP contribution in [0.3, 0.4) is 0 Å². The van der Waals surface area contributed by atoms with Crippen LogP contribution in [-0.4, -0.2) is 33.9 Å². The first-order valence-corrected chi connectivity index (χ1v) is 13.8. The van der Waals surface area contributed by atoms with Crippen molar-refractivity contribution in [2.45, 2.75) is 48.3 Å². The molecule has 4 aromatic rings. The van der Waals surface area contributed by atoms with Crippen LogP contribution in [0.2, 0.25) is 0 Å². The van der Waals surface area contributed by atoms with Crippen molar-refractivity contribution < 1.29 is 21.6 Å². The number of alkyl halides is 3. The second-order valence-corrected chi connectivity index (χ2v) is 11.8. The Labute approximate surface area is 209 Å². The quantitative estimate of drug-likeness (QED) is 0.363. The fourth-order valence-electron chi connectivity index (χ4n) is 5.46. The molecule has 2 aliphatic heterocycles. The van der Waals surface area contributed by atoms with Crippen LogP contribution in [0.25, 0.3) is 11.3 Å². The van der Waals surface area contributed by atoms with Gasteiger partial charge >= 0.3 is 6.18 Å². The van der Waals surface area contributed by atoms with E-state index in [4.69, 9.17) is 0 Å². The molecular weight excluding hydrogens is 509 g/mol. The van der Waals surface area contributed by atoms with Crippen molar-refractivity contribution in [1.82, 2.24) is 19.5 Å². The molecule has 0 amide bonds. The van der Waals surface area contributed by atoms with Gasteiger partial charge in [0.25, 0.3) is 0 Å². The third-order valence-electron chi connectivity index (χ3n) is 7.15. The molecule has 4 heterocycles. The molecule has 1 fully saturated rings. The summed E-state index contributed by atoms with van der Waals surface area (Å²) in [6, 6.07) is 11.2. The maximum absolute atomic E-state index is 13.7. The highest BCUT2D eigenvalue weighted by Crippen LogP contribution is 2.49. The number of hydrogen-bond donors (Lipinski definition) is 1. The van der Waals surface area contributed by atoms with Gasteiger partial charge in [-0.05, 0) is 48.6 Å². The molecule has 3 unspecified atom stereocenters. The van der Waals surface area contributed by atoms with E-state index < -0.39 is 27.8 Å². The predicted molar refractivity (Wildman–Crippen MR) is 129 cm³/mol. The van der Waals surface area contributed by atoms with Crippen molar-refractivity contribution in [2.24, 2.45) is 0 Å².